The Bertz CT molecular complexity index is 570. The fourth-order valence-electron chi connectivity index (χ4n) is 1.74. The molecule has 0 saturated carbocycles. The van der Waals surface area contributed by atoms with Crippen LogP contribution in [0.15, 0.2) is 48.5 Å². The first-order valence-corrected chi connectivity index (χ1v) is 5.99. The third-order valence-electron chi connectivity index (χ3n) is 2.78. The number of Topliss-reactive ketones (excluding diaryl/α,β-unsaturated/α-hetero) is 1. The molecule has 2 aromatic carbocycles. The fourth-order valence-corrected chi connectivity index (χ4v) is 1.74. The van der Waals surface area contributed by atoms with Gasteiger partial charge in [0.2, 0.25) is 0 Å². The van der Waals surface area contributed by atoms with Crippen LogP contribution >= 0.6 is 0 Å². The molecule has 0 saturated heterocycles. The number of halogens is 1. The van der Waals surface area contributed by atoms with Crippen LogP contribution in [0, 0.1) is 5.82 Å². The van der Waals surface area contributed by atoms with Gasteiger partial charge in [-0.1, -0.05) is 30.3 Å². The number of ketones is 1. The zero-order chi connectivity index (χ0) is 13.7. The number of carbonyl (C=O) groups excluding carboxylic acids is 1. The van der Waals surface area contributed by atoms with E-state index in [2.05, 4.69) is 5.32 Å². The summed E-state index contributed by atoms with van der Waals surface area (Å²) in [6.45, 7) is 0.809. The van der Waals surface area contributed by atoms with Crippen LogP contribution in [0.1, 0.15) is 15.9 Å². The van der Waals surface area contributed by atoms with Crippen LogP contribution in [0.25, 0.3) is 0 Å². The maximum Gasteiger partial charge on any atom is 0.176 e. The fraction of sp³-hybridized carbons (Fsp3) is 0.133. The summed E-state index contributed by atoms with van der Waals surface area (Å²) in [5.41, 5.74) is 6.95. The normalized spacial score (nSPS) is 10.4. The van der Waals surface area contributed by atoms with Gasteiger partial charge < -0.3 is 11.1 Å². The lowest BCUT2D eigenvalue weighted by molar-refractivity contribution is 0.0991. The number of benzene rings is 2. The second-order valence-corrected chi connectivity index (χ2v) is 4.25. The third kappa shape index (κ3) is 3.63. The molecule has 98 valence electrons. The lowest BCUT2D eigenvalue weighted by Crippen LogP contribution is -2.22. The van der Waals surface area contributed by atoms with E-state index in [4.69, 9.17) is 5.73 Å². The number of hydrogen-bond acceptors (Lipinski definition) is 3. The smallest absolute Gasteiger partial charge is 0.176 e. The average molecular weight is 258 g/mol. The van der Waals surface area contributed by atoms with Crippen molar-refractivity contribution in [3.8, 4) is 0 Å². The molecule has 0 aliphatic carbocycles. The van der Waals surface area contributed by atoms with E-state index in [1.54, 1.807) is 0 Å². The molecule has 2 aromatic rings. The zero-order valence-electron chi connectivity index (χ0n) is 10.4. The monoisotopic (exact) mass is 258 g/mol. The molecule has 0 atom stereocenters. The molecule has 0 radical (unpaired) electrons. The summed E-state index contributed by atoms with van der Waals surface area (Å²) >= 11 is 0. The number of anilines is 1. The van der Waals surface area contributed by atoms with Crippen molar-refractivity contribution in [3.05, 3.63) is 65.5 Å². The van der Waals surface area contributed by atoms with Gasteiger partial charge in [-0.2, -0.15) is 0 Å². The van der Waals surface area contributed by atoms with Gasteiger partial charge in [-0.3, -0.25) is 4.79 Å². The summed E-state index contributed by atoms with van der Waals surface area (Å²) in [6.07, 6.45) is 0. The molecule has 0 aliphatic rings. The predicted octanol–water partition coefficient (Wildman–Crippen LogP) is 2.38. The number of nitrogens with one attached hydrogen (secondary N) is 1. The van der Waals surface area contributed by atoms with Gasteiger partial charge in [-0.25, -0.2) is 4.39 Å². The molecule has 0 unspecified atom stereocenters. The third-order valence-corrected chi connectivity index (χ3v) is 2.78. The lowest BCUT2D eigenvalue weighted by Gasteiger charge is -2.05. The SMILES string of the molecule is Nc1cc(C(=O)CNCc2ccccc2)ccc1F. The van der Waals surface area contributed by atoms with Gasteiger partial charge in [0, 0.05) is 12.1 Å². The van der Waals surface area contributed by atoms with Crippen LogP contribution in [0.3, 0.4) is 0 Å². The second-order valence-electron chi connectivity index (χ2n) is 4.25. The first-order valence-electron chi connectivity index (χ1n) is 5.99. The van der Waals surface area contributed by atoms with E-state index in [1.807, 2.05) is 30.3 Å². The van der Waals surface area contributed by atoms with Crippen molar-refractivity contribution >= 4 is 11.5 Å². The van der Waals surface area contributed by atoms with Gasteiger partial charge in [-0.15, -0.1) is 0 Å². The predicted molar refractivity (Wildman–Crippen MR) is 73.3 cm³/mol. The Kier molecular flexibility index (Phi) is 4.26. The van der Waals surface area contributed by atoms with Crippen molar-refractivity contribution in [1.29, 1.82) is 0 Å². The van der Waals surface area contributed by atoms with E-state index in [1.165, 1.54) is 18.2 Å². The van der Waals surface area contributed by atoms with E-state index < -0.39 is 5.82 Å². The molecule has 0 fully saturated rings. The number of carbonyl (C=O) groups is 1. The van der Waals surface area contributed by atoms with Crippen molar-refractivity contribution in [1.82, 2.24) is 5.32 Å². The second kappa shape index (κ2) is 6.11. The molecule has 0 amide bonds. The molecule has 4 heteroatoms. The standard InChI is InChI=1S/C15H15FN2O/c16-13-7-6-12(8-14(13)17)15(19)10-18-9-11-4-2-1-3-5-11/h1-8,18H,9-10,17H2. The summed E-state index contributed by atoms with van der Waals surface area (Å²) in [5.74, 6) is -0.614. The van der Waals surface area contributed by atoms with Crippen molar-refractivity contribution in [3.63, 3.8) is 0 Å². The Balaban J connectivity index is 1.89. The molecule has 0 spiro atoms. The summed E-state index contributed by atoms with van der Waals surface area (Å²) in [4.78, 5) is 11.9. The Hall–Kier alpha value is -2.20. The van der Waals surface area contributed by atoms with Gasteiger partial charge in [0.25, 0.3) is 0 Å². The molecular formula is C15H15FN2O. The summed E-state index contributed by atoms with van der Waals surface area (Å²) in [6, 6.07) is 13.8. The molecular weight excluding hydrogens is 243 g/mol. The highest BCUT2D eigenvalue weighted by atomic mass is 19.1. The van der Waals surface area contributed by atoms with E-state index in [-0.39, 0.29) is 18.0 Å². The lowest BCUT2D eigenvalue weighted by atomic mass is 10.1. The molecule has 3 nitrogen and oxygen atoms in total. The maximum atomic E-state index is 13.0. The Labute approximate surface area is 111 Å². The van der Waals surface area contributed by atoms with Gasteiger partial charge in [0.1, 0.15) is 5.82 Å². The number of rotatable bonds is 5. The van der Waals surface area contributed by atoms with E-state index in [9.17, 15) is 9.18 Å². The number of nitrogens with two attached hydrogens (primary N) is 1. The number of hydrogen-bond donors (Lipinski definition) is 2. The first kappa shape index (κ1) is 13.2. The van der Waals surface area contributed by atoms with Crippen LogP contribution in [0.5, 0.6) is 0 Å². The van der Waals surface area contributed by atoms with E-state index in [0.717, 1.165) is 5.56 Å². The highest BCUT2D eigenvalue weighted by Gasteiger charge is 2.07. The largest absolute Gasteiger partial charge is 0.396 e. The first-order chi connectivity index (χ1) is 9.16. The Morgan fingerprint density at radius 1 is 1.16 bits per heavy atom. The maximum absolute atomic E-state index is 13.0. The Morgan fingerprint density at radius 3 is 2.58 bits per heavy atom. The molecule has 0 aliphatic heterocycles. The summed E-state index contributed by atoms with van der Waals surface area (Å²) < 4.78 is 13.0. The van der Waals surface area contributed by atoms with Gasteiger partial charge in [0.15, 0.2) is 5.78 Å². The number of nitrogen functional groups attached to an aromatic ring is 1. The summed E-state index contributed by atoms with van der Waals surface area (Å²) in [5, 5.41) is 3.05. The van der Waals surface area contributed by atoms with E-state index in [0.29, 0.717) is 12.1 Å². The molecule has 0 bridgehead atoms. The van der Waals surface area contributed by atoms with E-state index >= 15 is 0 Å². The zero-order valence-corrected chi connectivity index (χ0v) is 10.4. The quantitative estimate of drug-likeness (QED) is 0.639. The Morgan fingerprint density at radius 2 is 1.89 bits per heavy atom. The van der Waals surface area contributed by atoms with Crippen LogP contribution in [0.4, 0.5) is 10.1 Å². The minimum absolute atomic E-state index is 0.00564. The van der Waals surface area contributed by atoms with Gasteiger partial charge >= 0.3 is 0 Å². The molecule has 3 N–H and O–H groups in total. The average Bonchev–Trinajstić information content (AvgIpc) is 2.43. The highest BCUT2D eigenvalue weighted by molar-refractivity contribution is 5.98. The van der Waals surface area contributed by atoms with Crippen molar-refractivity contribution in [2.24, 2.45) is 0 Å². The van der Waals surface area contributed by atoms with Crippen LogP contribution < -0.4 is 11.1 Å². The molecule has 0 heterocycles. The molecule has 0 aromatic heterocycles. The van der Waals surface area contributed by atoms with Gasteiger partial charge in [0.05, 0.1) is 12.2 Å². The van der Waals surface area contributed by atoms with Crippen LogP contribution in [-0.4, -0.2) is 12.3 Å². The topological polar surface area (TPSA) is 55.1 Å². The van der Waals surface area contributed by atoms with Crippen LogP contribution in [-0.2, 0) is 6.54 Å². The highest BCUT2D eigenvalue weighted by Crippen LogP contribution is 2.12. The summed E-state index contributed by atoms with van der Waals surface area (Å²) in [7, 11) is 0. The van der Waals surface area contributed by atoms with Crippen molar-refractivity contribution < 1.29 is 9.18 Å². The van der Waals surface area contributed by atoms with Gasteiger partial charge in [-0.05, 0) is 23.8 Å². The van der Waals surface area contributed by atoms with Crippen molar-refractivity contribution in [2.75, 3.05) is 12.3 Å². The van der Waals surface area contributed by atoms with Crippen LogP contribution in [0.2, 0.25) is 0 Å². The molecule has 19 heavy (non-hydrogen) atoms. The van der Waals surface area contributed by atoms with Crippen molar-refractivity contribution in [2.45, 2.75) is 6.54 Å². The minimum Gasteiger partial charge on any atom is -0.396 e. The molecule has 2 rings (SSSR count). The minimum atomic E-state index is -0.506.